The molecule has 152 valence electrons. The number of benzene rings is 3. The van der Waals surface area contributed by atoms with Crippen molar-refractivity contribution >= 4 is 21.6 Å². The molecule has 2 atom stereocenters. The number of halogens is 1. The zero-order valence-corrected chi connectivity index (χ0v) is 17.8. The van der Waals surface area contributed by atoms with Gasteiger partial charge < -0.3 is 14.6 Å². The highest BCUT2D eigenvalue weighted by Gasteiger charge is 2.41. The van der Waals surface area contributed by atoms with Crippen LogP contribution in [0, 0.1) is 0 Å². The lowest BCUT2D eigenvalue weighted by atomic mass is 9.96. The molecule has 5 nitrogen and oxygen atoms in total. The SMILES string of the molecule is OCCOc1ccc([C@@H]2Oc3ccc(Br)cc3[C@H]3CC(c4ccccc4)=NN32)cc1. The highest BCUT2D eigenvalue weighted by molar-refractivity contribution is 9.10. The summed E-state index contributed by atoms with van der Waals surface area (Å²) in [5, 5.41) is 16.0. The largest absolute Gasteiger partial charge is 0.491 e. The van der Waals surface area contributed by atoms with Crippen LogP contribution in [-0.2, 0) is 0 Å². The molecule has 0 saturated heterocycles. The average molecular weight is 465 g/mol. The van der Waals surface area contributed by atoms with Crippen LogP contribution in [0.5, 0.6) is 11.5 Å². The van der Waals surface area contributed by atoms with E-state index in [1.165, 1.54) is 0 Å². The molecule has 0 amide bonds. The summed E-state index contributed by atoms with van der Waals surface area (Å²) in [5.74, 6) is 1.61. The van der Waals surface area contributed by atoms with E-state index >= 15 is 0 Å². The average Bonchev–Trinajstić information content (AvgIpc) is 3.24. The van der Waals surface area contributed by atoms with Gasteiger partial charge in [-0.05, 0) is 48.0 Å². The molecular weight excluding hydrogens is 444 g/mol. The molecule has 6 heteroatoms. The second-order valence-corrected chi connectivity index (χ2v) is 8.22. The van der Waals surface area contributed by atoms with Crippen molar-refractivity contribution in [1.82, 2.24) is 5.01 Å². The van der Waals surface area contributed by atoms with Gasteiger partial charge in [-0.2, -0.15) is 5.10 Å². The molecule has 2 aliphatic heterocycles. The van der Waals surface area contributed by atoms with Crippen LogP contribution in [0.15, 0.2) is 82.4 Å². The van der Waals surface area contributed by atoms with Crippen molar-refractivity contribution in [3.8, 4) is 11.5 Å². The molecule has 1 N–H and O–H groups in total. The number of rotatable bonds is 5. The zero-order valence-electron chi connectivity index (χ0n) is 16.2. The minimum absolute atomic E-state index is 0.00767. The van der Waals surface area contributed by atoms with E-state index in [1.807, 2.05) is 54.6 Å². The minimum atomic E-state index is -0.322. The van der Waals surface area contributed by atoms with Gasteiger partial charge in [0.15, 0.2) is 0 Å². The van der Waals surface area contributed by atoms with E-state index in [1.54, 1.807) is 0 Å². The summed E-state index contributed by atoms with van der Waals surface area (Å²) >= 11 is 3.59. The molecule has 0 aromatic heterocycles. The quantitative estimate of drug-likeness (QED) is 0.572. The maximum atomic E-state index is 8.95. The summed E-state index contributed by atoms with van der Waals surface area (Å²) in [7, 11) is 0. The van der Waals surface area contributed by atoms with Crippen LogP contribution < -0.4 is 9.47 Å². The Balaban J connectivity index is 1.52. The number of aliphatic hydroxyl groups is 1. The first-order valence-electron chi connectivity index (χ1n) is 9.94. The third-order valence-electron chi connectivity index (χ3n) is 5.38. The highest BCUT2D eigenvalue weighted by Crippen LogP contribution is 2.48. The molecule has 5 rings (SSSR count). The molecular formula is C24H21BrN2O3. The Morgan fingerprint density at radius 1 is 1.07 bits per heavy atom. The molecule has 0 bridgehead atoms. The summed E-state index contributed by atoms with van der Waals surface area (Å²) in [6.07, 6.45) is 0.502. The topological polar surface area (TPSA) is 54.3 Å². The van der Waals surface area contributed by atoms with Crippen LogP contribution >= 0.6 is 15.9 Å². The van der Waals surface area contributed by atoms with Crippen molar-refractivity contribution in [3.05, 3.63) is 94.0 Å². The predicted octanol–water partition coefficient (Wildman–Crippen LogP) is 5.06. The Morgan fingerprint density at radius 2 is 1.87 bits per heavy atom. The van der Waals surface area contributed by atoms with Crippen molar-refractivity contribution in [2.75, 3.05) is 13.2 Å². The molecule has 0 radical (unpaired) electrons. The summed E-state index contributed by atoms with van der Waals surface area (Å²) in [5.41, 5.74) is 4.33. The Bertz CT molecular complexity index is 1070. The van der Waals surface area contributed by atoms with Crippen molar-refractivity contribution in [1.29, 1.82) is 0 Å². The number of ether oxygens (including phenoxy) is 2. The van der Waals surface area contributed by atoms with Gasteiger partial charge in [0.25, 0.3) is 0 Å². The van der Waals surface area contributed by atoms with Gasteiger partial charge in [0.1, 0.15) is 18.1 Å². The van der Waals surface area contributed by atoms with Crippen LogP contribution in [0.2, 0.25) is 0 Å². The zero-order chi connectivity index (χ0) is 20.5. The van der Waals surface area contributed by atoms with Crippen molar-refractivity contribution in [3.63, 3.8) is 0 Å². The van der Waals surface area contributed by atoms with Crippen LogP contribution in [0.3, 0.4) is 0 Å². The van der Waals surface area contributed by atoms with Gasteiger partial charge in [-0.3, -0.25) is 0 Å². The van der Waals surface area contributed by atoms with Crippen LogP contribution in [0.1, 0.15) is 35.4 Å². The third-order valence-corrected chi connectivity index (χ3v) is 5.88. The molecule has 0 fully saturated rings. The lowest BCUT2D eigenvalue weighted by Crippen LogP contribution is -2.33. The Labute approximate surface area is 183 Å². The first kappa shape index (κ1) is 19.2. The molecule has 0 saturated carbocycles. The number of hydrogen-bond donors (Lipinski definition) is 1. The number of hydrogen-bond acceptors (Lipinski definition) is 5. The normalized spacial score (nSPS) is 19.5. The van der Waals surface area contributed by atoms with Gasteiger partial charge in [-0.1, -0.05) is 46.3 Å². The summed E-state index contributed by atoms with van der Waals surface area (Å²) in [6, 6.07) is 24.3. The predicted molar refractivity (Wildman–Crippen MR) is 119 cm³/mol. The minimum Gasteiger partial charge on any atom is -0.491 e. The molecule has 3 aromatic rings. The number of fused-ring (bicyclic) bond motifs is 3. The Kier molecular flexibility index (Phi) is 5.19. The van der Waals surface area contributed by atoms with E-state index in [2.05, 4.69) is 39.1 Å². The lowest BCUT2D eigenvalue weighted by Gasteiger charge is -2.38. The summed E-state index contributed by atoms with van der Waals surface area (Å²) < 4.78 is 12.9. The first-order valence-corrected chi connectivity index (χ1v) is 10.7. The summed E-state index contributed by atoms with van der Waals surface area (Å²) in [4.78, 5) is 0. The van der Waals surface area contributed by atoms with Gasteiger partial charge in [-0.25, -0.2) is 5.01 Å². The standard InChI is InChI=1S/C24H21BrN2O3/c25-18-8-11-23-20(14-18)22-15-21(16-4-2-1-3-5-16)26-27(22)24(30-23)17-6-9-19(10-7-17)29-13-12-28/h1-11,14,22,24,28H,12-13,15H2/t22-,24+/m1/s1. The van der Waals surface area contributed by atoms with E-state index in [4.69, 9.17) is 19.7 Å². The maximum Gasteiger partial charge on any atom is 0.213 e. The fraction of sp³-hybridized carbons (Fsp3) is 0.208. The third kappa shape index (κ3) is 3.57. The maximum absolute atomic E-state index is 8.95. The second kappa shape index (κ2) is 8.13. The van der Waals surface area contributed by atoms with Crippen LogP contribution in [0.4, 0.5) is 0 Å². The number of hydrazone groups is 1. The Morgan fingerprint density at radius 3 is 2.63 bits per heavy atom. The first-order chi connectivity index (χ1) is 14.7. The van der Waals surface area contributed by atoms with Crippen LogP contribution in [-0.4, -0.2) is 29.0 Å². The molecule has 2 aliphatic rings. The molecule has 2 heterocycles. The number of aliphatic hydroxyl groups excluding tert-OH is 1. The van der Waals surface area contributed by atoms with Gasteiger partial charge in [0.05, 0.1) is 18.4 Å². The van der Waals surface area contributed by atoms with Crippen LogP contribution in [0.25, 0.3) is 0 Å². The van der Waals surface area contributed by atoms with E-state index in [0.717, 1.165) is 44.8 Å². The van der Waals surface area contributed by atoms with Gasteiger partial charge in [0, 0.05) is 22.0 Å². The van der Waals surface area contributed by atoms with E-state index in [-0.39, 0.29) is 25.5 Å². The molecule has 30 heavy (non-hydrogen) atoms. The Hall–Kier alpha value is -2.83. The van der Waals surface area contributed by atoms with Gasteiger partial charge >= 0.3 is 0 Å². The van der Waals surface area contributed by atoms with Crippen molar-refractivity contribution in [2.45, 2.75) is 18.7 Å². The van der Waals surface area contributed by atoms with Crippen molar-refractivity contribution < 1.29 is 14.6 Å². The number of nitrogens with zero attached hydrogens (tertiary/aromatic N) is 2. The van der Waals surface area contributed by atoms with E-state index in [0.29, 0.717) is 0 Å². The van der Waals surface area contributed by atoms with Crippen molar-refractivity contribution in [2.24, 2.45) is 5.10 Å². The smallest absolute Gasteiger partial charge is 0.213 e. The van der Waals surface area contributed by atoms with E-state index < -0.39 is 0 Å². The summed E-state index contributed by atoms with van der Waals surface area (Å²) in [6.45, 7) is 0.271. The molecule has 3 aromatic carbocycles. The fourth-order valence-electron chi connectivity index (χ4n) is 3.98. The highest BCUT2D eigenvalue weighted by atomic mass is 79.9. The van der Waals surface area contributed by atoms with Gasteiger partial charge in [-0.15, -0.1) is 0 Å². The van der Waals surface area contributed by atoms with E-state index in [9.17, 15) is 0 Å². The lowest BCUT2D eigenvalue weighted by molar-refractivity contribution is -0.0191. The molecule has 0 aliphatic carbocycles. The molecule has 0 spiro atoms. The second-order valence-electron chi connectivity index (χ2n) is 7.31. The van der Waals surface area contributed by atoms with Gasteiger partial charge in [0.2, 0.25) is 6.23 Å². The molecule has 0 unspecified atom stereocenters. The fourth-order valence-corrected chi connectivity index (χ4v) is 4.35. The monoisotopic (exact) mass is 464 g/mol.